The standard InChI is InChI=1S/C16H28/c1-3-5-7-9-11-13-15-16-14-12-10-8-6-4-2/h3-4,13,15H,1-2,5-12,14,16H2. The minimum Gasteiger partial charge on any atom is -0.103 e. The van der Waals surface area contributed by atoms with Gasteiger partial charge in [0.25, 0.3) is 0 Å². The number of unbranched alkanes of at least 4 members (excludes halogenated alkanes) is 8. The van der Waals surface area contributed by atoms with Gasteiger partial charge in [0.05, 0.1) is 0 Å². The first kappa shape index (κ1) is 15.2. The quantitative estimate of drug-likeness (QED) is 0.287. The smallest absolute Gasteiger partial charge is 0.0351 e. The molecule has 0 aromatic rings. The van der Waals surface area contributed by atoms with E-state index in [1.54, 1.807) is 0 Å². The summed E-state index contributed by atoms with van der Waals surface area (Å²) in [6, 6.07) is 0. The van der Waals surface area contributed by atoms with E-state index in [2.05, 4.69) is 25.3 Å². The van der Waals surface area contributed by atoms with Crippen LogP contribution in [0.15, 0.2) is 37.5 Å². The zero-order chi connectivity index (χ0) is 11.9. The molecule has 0 rings (SSSR count). The van der Waals surface area contributed by atoms with Gasteiger partial charge in [-0.3, -0.25) is 0 Å². The highest BCUT2D eigenvalue weighted by molar-refractivity contribution is 4.81. The molecule has 0 N–H and O–H groups in total. The maximum atomic E-state index is 3.73. The van der Waals surface area contributed by atoms with E-state index >= 15 is 0 Å². The fourth-order valence-corrected chi connectivity index (χ4v) is 1.69. The summed E-state index contributed by atoms with van der Waals surface area (Å²) < 4.78 is 0. The lowest BCUT2D eigenvalue weighted by Crippen LogP contribution is -1.77. The molecule has 0 aliphatic carbocycles. The van der Waals surface area contributed by atoms with Gasteiger partial charge in [-0.2, -0.15) is 0 Å². The van der Waals surface area contributed by atoms with Gasteiger partial charge in [-0.25, -0.2) is 0 Å². The van der Waals surface area contributed by atoms with Gasteiger partial charge in [0, 0.05) is 0 Å². The molecule has 92 valence electrons. The van der Waals surface area contributed by atoms with E-state index in [9.17, 15) is 0 Å². The van der Waals surface area contributed by atoms with Crippen molar-refractivity contribution in [1.82, 2.24) is 0 Å². The summed E-state index contributed by atoms with van der Waals surface area (Å²) in [5.74, 6) is 0. The van der Waals surface area contributed by atoms with Gasteiger partial charge in [0.15, 0.2) is 0 Å². The van der Waals surface area contributed by atoms with Gasteiger partial charge in [-0.1, -0.05) is 37.1 Å². The van der Waals surface area contributed by atoms with Crippen LogP contribution in [0.25, 0.3) is 0 Å². The molecule has 0 aromatic heterocycles. The Kier molecular flexibility index (Phi) is 13.5. The van der Waals surface area contributed by atoms with Crippen LogP contribution in [0.5, 0.6) is 0 Å². The van der Waals surface area contributed by atoms with Gasteiger partial charge >= 0.3 is 0 Å². The van der Waals surface area contributed by atoms with Crippen molar-refractivity contribution in [2.45, 2.75) is 64.2 Å². The van der Waals surface area contributed by atoms with E-state index in [1.165, 1.54) is 57.8 Å². The summed E-state index contributed by atoms with van der Waals surface area (Å²) in [6.45, 7) is 7.46. The van der Waals surface area contributed by atoms with Gasteiger partial charge in [-0.15, -0.1) is 13.2 Å². The predicted octanol–water partition coefficient (Wildman–Crippen LogP) is 5.82. The van der Waals surface area contributed by atoms with Crippen LogP contribution in [0.4, 0.5) is 0 Å². The Morgan fingerprint density at radius 1 is 0.500 bits per heavy atom. The number of allylic oxidation sites excluding steroid dienone is 4. The SMILES string of the molecule is C=CCCCCC=CCCCCCCC=C. The van der Waals surface area contributed by atoms with Crippen molar-refractivity contribution >= 4 is 0 Å². The van der Waals surface area contributed by atoms with Crippen LogP contribution in [0.1, 0.15) is 64.2 Å². The van der Waals surface area contributed by atoms with Crippen LogP contribution in [0, 0.1) is 0 Å². The Morgan fingerprint density at radius 2 is 0.875 bits per heavy atom. The van der Waals surface area contributed by atoms with Gasteiger partial charge in [0.2, 0.25) is 0 Å². The second-order valence-electron chi connectivity index (χ2n) is 4.32. The third kappa shape index (κ3) is 13.2. The second-order valence-corrected chi connectivity index (χ2v) is 4.32. The van der Waals surface area contributed by atoms with Crippen molar-refractivity contribution in [2.24, 2.45) is 0 Å². The molecule has 0 heteroatoms. The summed E-state index contributed by atoms with van der Waals surface area (Å²) in [5, 5.41) is 0. The van der Waals surface area contributed by atoms with Gasteiger partial charge < -0.3 is 0 Å². The van der Waals surface area contributed by atoms with Crippen LogP contribution in [-0.2, 0) is 0 Å². The fraction of sp³-hybridized carbons (Fsp3) is 0.625. The van der Waals surface area contributed by atoms with Crippen molar-refractivity contribution in [2.75, 3.05) is 0 Å². The van der Waals surface area contributed by atoms with Crippen LogP contribution in [-0.4, -0.2) is 0 Å². The Hall–Kier alpha value is -0.780. The average Bonchev–Trinajstić information content (AvgIpc) is 2.31. The Labute approximate surface area is 102 Å². The summed E-state index contributed by atoms with van der Waals surface area (Å²) in [4.78, 5) is 0. The lowest BCUT2D eigenvalue weighted by molar-refractivity contribution is 0.651. The number of hydrogen-bond acceptors (Lipinski definition) is 0. The van der Waals surface area contributed by atoms with E-state index in [1.807, 2.05) is 12.2 Å². The second kappa shape index (κ2) is 14.2. The van der Waals surface area contributed by atoms with Crippen LogP contribution >= 0.6 is 0 Å². The molecular formula is C16H28. The molecule has 0 heterocycles. The molecule has 0 aliphatic rings. The molecule has 0 saturated carbocycles. The van der Waals surface area contributed by atoms with Crippen molar-refractivity contribution in [3.63, 3.8) is 0 Å². The van der Waals surface area contributed by atoms with Crippen molar-refractivity contribution < 1.29 is 0 Å². The highest BCUT2D eigenvalue weighted by Gasteiger charge is 1.87. The zero-order valence-corrected chi connectivity index (χ0v) is 10.8. The highest BCUT2D eigenvalue weighted by atomic mass is 13.9. The topological polar surface area (TPSA) is 0 Å². The molecule has 0 spiro atoms. The molecule has 0 nitrogen and oxygen atoms in total. The fourth-order valence-electron chi connectivity index (χ4n) is 1.69. The molecule has 0 aliphatic heterocycles. The Bertz CT molecular complexity index is 176. The van der Waals surface area contributed by atoms with Gasteiger partial charge in [0.1, 0.15) is 0 Å². The third-order valence-corrected chi connectivity index (χ3v) is 2.72. The zero-order valence-electron chi connectivity index (χ0n) is 10.8. The molecule has 0 atom stereocenters. The molecule has 0 saturated heterocycles. The lowest BCUT2D eigenvalue weighted by Gasteiger charge is -1.96. The maximum absolute atomic E-state index is 3.73. The Morgan fingerprint density at radius 3 is 1.38 bits per heavy atom. The van der Waals surface area contributed by atoms with E-state index in [0.717, 1.165) is 6.42 Å². The van der Waals surface area contributed by atoms with Crippen molar-refractivity contribution in [1.29, 1.82) is 0 Å². The van der Waals surface area contributed by atoms with Crippen LogP contribution in [0.2, 0.25) is 0 Å². The van der Waals surface area contributed by atoms with Crippen molar-refractivity contribution in [3.05, 3.63) is 37.5 Å². The predicted molar refractivity (Wildman–Crippen MR) is 75.7 cm³/mol. The molecule has 0 radical (unpaired) electrons. The Balaban J connectivity index is 3.03. The lowest BCUT2D eigenvalue weighted by atomic mass is 10.1. The largest absolute Gasteiger partial charge is 0.103 e. The summed E-state index contributed by atoms with van der Waals surface area (Å²) in [5.41, 5.74) is 0. The summed E-state index contributed by atoms with van der Waals surface area (Å²) in [6.07, 6.45) is 21.5. The molecular weight excluding hydrogens is 192 g/mol. The molecule has 0 amide bonds. The maximum Gasteiger partial charge on any atom is -0.0351 e. The summed E-state index contributed by atoms with van der Waals surface area (Å²) in [7, 11) is 0. The van der Waals surface area contributed by atoms with E-state index in [4.69, 9.17) is 0 Å². The minimum absolute atomic E-state index is 1.16. The number of rotatable bonds is 12. The minimum atomic E-state index is 1.16. The van der Waals surface area contributed by atoms with Crippen LogP contribution < -0.4 is 0 Å². The third-order valence-electron chi connectivity index (χ3n) is 2.72. The van der Waals surface area contributed by atoms with Crippen LogP contribution in [0.3, 0.4) is 0 Å². The van der Waals surface area contributed by atoms with E-state index in [-0.39, 0.29) is 0 Å². The molecule has 16 heavy (non-hydrogen) atoms. The molecule has 0 aromatic carbocycles. The van der Waals surface area contributed by atoms with Crippen molar-refractivity contribution in [3.8, 4) is 0 Å². The van der Waals surface area contributed by atoms with E-state index < -0.39 is 0 Å². The monoisotopic (exact) mass is 220 g/mol. The molecule has 0 bridgehead atoms. The van der Waals surface area contributed by atoms with E-state index in [0.29, 0.717) is 0 Å². The van der Waals surface area contributed by atoms with Gasteiger partial charge in [-0.05, 0) is 51.4 Å². The summed E-state index contributed by atoms with van der Waals surface area (Å²) >= 11 is 0. The highest BCUT2D eigenvalue weighted by Crippen LogP contribution is 2.07. The normalized spacial score (nSPS) is 10.8. The average molecular weight is 220 g/mol. The molecule has 0 fully saturated rings. The first-order valence-electron chi connectivity index (χ1n) is 6.78. The first-order valence-corrected chi connectivity index (χ1v) is 6.78. The molecule has 0 unspecified atom stereocenters. The first-order chi connectivity index (χ1) is 7.91. The number of hydrogen-bond donors (Lipinski definition) is 0.